The number of anilines is 2. The summed E-state index contributed by atoms with van der Waals surface area (Å²) in [5.74, 6) is 0.197. The molecule has 7 heteroatoms. The molecule has 0 saturated carbocycles. The first-order valence-electron chi connectivity index (χ1n) is 4.29. The van der Waals surface area contributed by atoms with Crippen molar-refractivity contribution in [3.63, 3.8) is 0 Å². The van der Waals surface area contributed by atoms with E-state index in [-0.39, 0.29) is 11.8 Å². The van der Waals surface area contributed by atoms with Crippen molar-refractivity contribution < 1.29 is 0 Å². The molecule has 4 N–H and O–H groups in total. The van der Waals surface area contributed by atoms with Gasteiger partial charge in [0, 0.05) is 10.6 Å². The van der Waals surface area contributed by atoms with Gasteiger partial charge in [0.1, 0.15) is 5.69 Å². The largest absolute Gasteiger partial charge is 0.382 e. The van der Waals surface area contributed by atoms with Gasteiger partial charge in [-0.15, -0.1) is 10.2 Å². The highest BCUT2D eigenvalue weighted by Crippen LogP contribution is 2.31. The van der Waals surface area contributed by atoms with Gasteiger partial charge in [-0.05, 0) is 18.2 Å². The summed E-state index contributed by atoms with van der Waals surface area (Å²) in [7, 11) is 0. The molecule has 0 aliphatic carbocycles. The van der Waals surface area contributed by atoms with E-state index >= 15 is 0 Å². The average molecular weight is 256 g/mol. The summed E-state index contributed by atoms with van der Waals surface area (Å²) in [4.78, 5) is 3.80. The number of benzene rings is 1. The zero-order valence-corrected chi connectivity index (χ0v) is 9.50. The lowest BCUT2D eigenvalue weighted by atomic mass is 10.1. The van der Waals surface area contributed by atoms with Gasteiger partial charge in [-0.1, -0.05) is 23.2 Å². The van der Waals surface area contributed by atoms with Crippen LogP contribution in [0.4, 0.5) is 11.8 Å². The van der Waals surface area contributed by atoms with Crippen LogP contribution in [-0.4, -0.2) is 15.2 Å². The van der Waals surface area contributed by atoms with Crippen molar-refractivity contribution in [2.24, 2.45) is 0 Å². The van der Waals surface area contributed by atoms with Crippen LogP contribution in [0, 0.1) is 0 Å². The first kappa shape index (κ1) is 10.9. The van der Waals surface area contributed by atoms with Gasteiger partial charge >= 0.3 is 0 Å². The highest BCUT2D eigenvalue weighted by molar-refractivity contribution is 6.36. The maximum absolute atomic E-state index is 6.01. The molecule has 0 bridgehead atoms. The summed E-state index contributed by atoms with van der Waals surface area (Å²) in [5, 5.41) is 8.44. The van der Waals surface area contributed by atoms with Gasteiger partial charge in [-0.3, -0.25) is 0 Å². The molecule has 2 rings (SSSR count). The van der Waals surface area contributed by atoms with E-state index in [9.17, 15) is 0 Å². The van der Waals surface area contributed by atoms with Crippen molar-refractivity contribution in [2.45, 2.75) is 0 Å². The van der Waals surface area contributed by atoms with Crippen molar-refractivity contribution in [3.05, 3.63) is 28.2 Å². The molecule has 1 aromatic heterocycles. The van der Waals surface area contributed by atoms with Crippen molar-refractivity contribution in [1.29, 1.82) is 0 Å². The van der Waals surface area contributed by atoms with Gasteiger partial charge in [0.25, 0.3) is 0 Å². The van der Waals surface area contributed by atoms with Crippen LogP contribution in [0.2, 0.25) is 10.0 Å². The maximum Gasteiger partial charge on any atom is 0.242 e. The summed E-state index contributed by atoms with van der Waals surface area (Å²) >= 11 is 11.8. The van der Waals surface area contributed by atoms with Crippen molar-refractivity contribution >= 4 is 35.0 Å². The van der Waals surface area contributed by atoms with Crippen LogP contribution in [0.15, 0.2) is 18.2 Å². The zero-order valence-electron chi connectivity index (χ0n) is 7.98. The molecule has 0 atom stereocenters. The van der Waals surface area contributed by atoms with Crippen LogP contribution in [0.25, 0.3) is 11.3 Å². The van der Waals surface area contributed by atoms with Gasteiger partial charge in [0.15, 0.2) is 5.82 Å². The highest BCUT2D eigenvalue weighted by atomic mass is 35.5. The fourth-order valence-corrected chi connectivity index (χ4v) is 1.72. The first-order valence-corrected chi connectivity index (χ1v) is 5.04. The van der Waals surface area contributed by atoms with Crippen LogP contribution < -0.4 is 11.5 Å². The third-order valence-corrected chi connectivity index (χ3v) is 2.46. The van der Waals surface area contributed by atoms with Gasteiger partial charge < -0.3 is 11.5 Å². The fourth-order valence-electron chi connectivity index (χ4n) is 1.22. The van der Waals surface area contributed by atoms with Crippen LogP contribution in [0.3, 0.4) is 0 Å². The second-order valence-electron chi connectivity index (χ2n) is 3.03. The SMILES string of the molecule is Nc1nnc(-c2ccc(Cl)cc2Cl)c(N)n1. The molecule has 82 valence electrons. The van der Waals surface area contributed by atoms with Gasteiger partial charge in [0.2, 0.25) is 5.95 Å². The Morgan fingerprint density at radius 2 is 1.81 bits per heavy atom. The number of nitrogens with two attached hydrogens (primary N) is 2. The molecule has 2 aromatic rings. The molecular weight excluding hydrogens is 249 g/mol. The Hall–Kier alpha value is -1.59. The molecule has 0 spiro atoms. The third-order valence-electron chi connectivity index (χ3n) is 1.92. The normalized spacial score (nSPS) is 10.4. The molecule has 0 amide bonds. The third kappa shape index (κ3) is 2.00. The number of nitrogens with zero attached hydrogens (tertiary/aromatic N) is 3. The molecule has 1 aromatic carbocycles. The second kappa shape index (κ2) is 4.11. The monoisotopic (exact) mass is 255 g/mol. The summed E-state index contributed by atoms with van der Waals surface area (Å²) in [6, 6.07) is 4.97. The molecule has 16 heavy (non-hydrogen) atoms. The minimum Gasteiger partial charge on any atom is -0.382 e. The van der Waals surface area contributed by atoms with Crippen LogP contribution in [0.1, 0.15) is 0 Å². The minimum atomic E-state index is 0.0198. The van der Waals surface area contributed by atoms with E-state index in [1.54, 1.807) is 18.2 Å². The van der Waals surface area contributed by atoms with Crippen molar-refractivity contribution in [1.82, 2.24) is 15.2 Å². The lowest BCUT2D eigenvalue weighted by Gasteiger charge is -2.05. The van der Waals surface area contributed by atoms with Crippen molar-refractivity contribution in [3.8, 4) is 11.3 Å². The number of nitrogen functional groups attached to an aromatic ring is 2. The van der Waals surface area contributed by atoms with Gasteiger partial charge in [-0.25, -0.2) is 0 Å². The predicted molar refractivity (Wildman–Crippen MR) is 64.1 cm³/mol. The van der Waals surface area contributed by atoms with Gasteiger partial charge in [0.05, 0.1) is 5.02 Å². The quantitative estimate of drug-likeness (QED) is 0.814. The number of rotatable bonds is 1. The Balaban J connectivity index is 2.59. The number of aromatic nitrogens is 3. The van der Waals surface area contributed by atoms with Crippen LogP contribution in [0.5, 0.6) is 0 Å². The molecule has 0 aliphatic heterocycles. The van der Waals surface area contributed by atoms with E-state index < -0.39 is 0 Å². The molecule has 1 heterocycles. The summed E-state index contributed by atoms with van der Waals surface area (Å²) in [5.41, 5.74) is 12.0. The highest BCUT2D eigenvalue weighted by Gasteiger charge is 2.11. The Kier molecular flexibility index (Phi) is 2.80. The summed E-state index contributed by atoms with van der Waals surface area (Å²) < 4.78 is 0. The van der Waals surface area contributed by atoms with Crippen LogP contribution in [-0.2, 0) is 0 Å². The predicted octanol–water partition coefficient (Wildman–Crippen LogP) is 2.01. The molecule has 0 aliphatic rings. The zero-order chi connectivity index (χ0) is 11.7. The number of hydrogen-bond donors (Lipinski definition) is 2. The topological polar surface area (TPSA) is 90.7 Å². The van der Waals surface area contributed by atoms with Gasteiger partial charge in [-0.2, -0.15) is 4.98 Å². The maximum atomic E-state index is 6.01. The Morgan fingerprint density at radius 3 is 2.44 bits per heavy atom. The Labute approximate surface area is 101 Å². The summed E-state index contributed by atoms with van der Waals surface area (Å²) in [6.45, 7) is 0. The van der Waals surface area contributed by atoms with Crippen LogP contribution >= 0.6 is 23.2 Å². The van der Waals surface area contributed by atoms with E-state index in [2.05, 4.69) is 15.2 Å². The Morgan fingerprint density at radius 1 is 1.06 bits per heavy atom. The molecule has 0 saturated heterocycles. The molecule has 5 nitrogen and oxygen atoms in total. The standard InChI is InChI=1S/C9H7Cl2N5/c10-4-1-2-5(6(11)3-4)7-8(12)14-9(13)16-15-7/h1-3H,(H4,12,13,14,16). The number of halogens is 2. The van der Waals surface area contributed by atoms with E-state index in [0.29, 0.717) is 21.3 Å². The second-order valence-corrected chi connectivity index (χ2v) is 3.87. The van der Waals surface area contributed by atoms with E-state index in [4.69, 9.17) is 34.7 Å². The molecule has 0 unspecified atom stereocenters. The molecule has 0 radical (unpaired) electrons. The first-order chi connectivity index (χ1) is 7.58. The smallest absolute Gasteiger partial charge is 0.242 e. The average Bonchev–Trinajstić information content (AvgIpc) is 2.19. The fraction of sp³-hybridized carbons (Fsp3) is 0. The van der Waals surface area contributed by atoms with E-state index in [0.717, 1.165) is 0 Å². The lowest BCUT2D eigenvalue weighted by molar-refractivity contribution is 1.000. The van der Waals surface area contributed by atoms with E-state index in [1.165, 1.54) is 0 Å². The lowest BCUT2D eigenvalue weighted by Crippen LogP contribution is -2.04. The van der Waals surface area contributed by atoms with E-state index in [1.807, 2.05) is 0 Å². The minimum absolute atomic E-state index is 0.0198. The summed E-state index contributed by atoms with van der Waals surface area (Å²) in [6.07, 6.45) is 0. The Bertz CT molecular complexity index is 494. The molecular formula is C9H7Cl2N5. The van der Waals surface area contributed by atoms with Crippen molar-refractivity contribution in [2.75, 3.05) is 11.5 Å². The molecule has 0 fully saturated rings. The number of hydrogen-bond acceptors (Lipinski definition) is 5.